The number of nitrogens with one attached hydrogen (secondary N) is 1. The molecule has 0 radical (unpaired) electrons. The van der Waals surface area contributed by atoms with Crippen molar-refractivity contribution in [1.82, 2.24) is 0 Å². The largest absolute Gasteiger partial charge is 0.508 e. The molecule has 0 heterocycles. The Morgan fingerprint density at radius 1 is 1.35 bits per heavy atom. The van der Waals surface area contributed by atoms with Crippen LogP contribution in [0, 0.1) is 0 Å². The molecule has 0 amide bonds. The van der Waals surface area contributed by atoms with E-state index in [9.17, 15) is 9.90 Å². The van der Waals surface area contributed by atoms with E-state index in [1.54, 1.807) is 25.1 Å². The van der Waals surface area contributed by atoms with E-state index in [4.69, 9.17) is 4.74 Å². The van der Waals surface area contributed by atoms with Gasteiger partial charge in [-0.25, -0.2) is 4.79 Å². The number of carbonyl (C=O) groups excluding carboxylic acids is 1. The van der Waals surface area contributed by atoms with Crippen LogP contribution in [0.1, 0.15) is 39.0 Å². The summed E-state index contributed by atoms with van der Waals surface area (Å²) < 4.78 is 5.42. The number of anilines is 1. The normalized spacial score (nSPS) is 16.8. The minimum atomic E-state index is -0.304. The monoisotopic (exact) mass is 275 g/mol. The summed E-state index contributed by atoms with van der Waals surface area (Å²) in [5, 5.41) is 12.4. The second kappa shape index (κ2) is 6.98. The summed E-state index contributed by atoms with van der Waals surface area (Å²) in [6.07, 6.45) is 6.99. The fourth-order valence-electron chi connectivity index (χ4n) is 2.41. The number of benzene rings is 1. The first-order chi connectivity index (χ1) is 9.63. The van der Waals surface area contributed by atoms with E-state index in [1.807, 2.05) is 6.07 Å². The predicted molar refractivity (Wildman–Crippen MR) is 78.5 cm³/mol. The summed E-state index contributed by atoms with van der Waals surface area (Å²) in [6, 6.07) is 6.76. The Morgan fingerprint density at radius 2 is 2.10 bits per heavy atom. The van der Waals surface area contributed by atoms with Crippen molar-refractivity contribution in [2.45, 2.75) is 45.1 Å². The van der Waals surface area contributed by atoms with Crippen LogP contribution in [0.3, 0.4) is 0 Å². The second-order valence-electron chi connectivity index (χ2n) is 5.20. The van der Waals surface area contributed by atoms with Crippen molar-refractivity contribution in [3.63, 3.8) is 0 Å². The van der Waals surface area contributed by atoms with Crippen LogP contribution in [0.15, 0.2) is 36.0 Å². The predicted octanol–water partition coefficient (Wildman–Crippen LogP) is 3.58. The summed E-state index contributed by atoms with van der Waals surface area (Å²) in [5.74, 6) is -0.116. The number of esters is 1. The lowest BCUT2D eigenvalue weighted by molar-refractivity contribution is -0.144. The first-order valence-corrected chi connectivity index (χ1v) is 7.08. The van der Waals surface area contributed by atoms with Crippen molar-refractivity contribution in [2.75, 3.05) is 5.32 Å². The fourth-order valence-corrected chi connectivity index (χ4v) is 2.41. The van der Waals surface area contributed by atoms with Gasteiger partial charge in [0, 0.05) is 23.5 Å². The number of hydrogen-bond donors (Lipinski definition) is 2. The van der Waals surface area contributed by atoms with E-state index < -0.39 is 0 Å². The Morgan fingerprint density at radius 3 is 2.80 bits per heavy atom. The van der Waals surface area contributed by atoms with Crippen LogP contribution in [0.5, 0.6) is 5.75 Å². The first kappa shape index (κ1) is 14.4. The van der Waals surface area contributed by atoms with Crippen LogP contribution in [0.2, 0.25) is 0 Å². The van der Waals surface area contributed by atoms with Gasteiger partial charge in [-0.05, 0) is 44.7 Å². The Kier molecular flexibility index (Phi) is 5.04. The molecule has 2 N–H and O–H groups in total. The maximum Gasteiger partial charge on any atom is 0.332 e. The summed E-state index contributed by atoms with van der Waals surface area (Å²) >= 11 is 0. The van der Waals surface area contributed by atoms with E-state index >= 15 is 0 Å². The lowest BCUT2D eigenvalue weighted by Gasteiger charge is -2.21. The second-order valence-corrected chi connectivity index (χ2v) is 5.20. The van der Waals surface area contributed by atoms with Gasteiger partial charge in [-0.1, -0.05) is 12.5 Å². The highest BCUT2D eigenvalue weighted by Gasteiger charge is 2.16. The van der Waals surface area contributed by atoms with Gasteiger partial charge in [0.25, 0.3) is 0 Å². The minimum Gasteiger partial charge on any atom is -0.508 e. The Bertz CT molecular complexity index is 490. The van der Waals surface area contributed by atoms with Crippen molar-refractivity contribution in [1.29, 1.82) is 0 Å². The van der Waals surface area contributed by atoms with Gasteiger partial charge in [0.1, 0.15) is 11.9 Å². The number of allylic oxidation sites excluding steroid dienone is 1. The van der Waals surface area contributed by atoms with Crippen molar-refractivity contribution in [3.05, 3.63) is 36.0 Å². The van der Waals surface area contributed by atoms with Crippen LogP contribution in [-0.4, -0.2) is 17.2 Å². The highest BCUT2D eigenvalue weighted by atomic mass is 16.5. The number of phenols is 1. The molecule has 0 aliphatic heterocycles. The van der Waals surface area contributed by atoms with Crippen LogP contribution < -0.4 is 5.32 Å². The van der Waals surface area contributed by atoms with Gasteiger partial charge in [-0.15, -0.1) is 0 Å². The third kappa shape index (κ3) is 4.61. The molecular formula is C16H21NO3. The molecule has 0 aromatic heterocycles. The third-order valence-electron chi connectivity index (χ3n) is 3.36. The number of aromatic hydroxyl groups is 1. The maximum atomic E-state index is 11.8. The van der Waals surface area contributed by atoms with Gasteiger partial charge < -0.3 is 15.2 Å². The smallest absolute Gasteiger partial charge is 0.332 e. The maximum absolute atomic E-state index is 11.8. The van der Waals surface area contributed by atoms with Crippen LogP contribution in [-0.2, 0) is 9.53 Å². The molecule has 4 nitrogen and oxygen atoms in total. The van der Waals surface area contributed by atoms with Crippen molar-refractivity contribution < 1.29 is 14.6 Å². The number of ether oxygens (including phenoxy) is 1. The topological polar surface area (TPSA) is 58.6 Å². The molecule has 0 saturated heterocycles. The van der Waals surface area contributed by atoms with E-state index in [2.05, 4.69) is 5.32 Å². The molecule has 0 atom stereocenters. The minimum absolute atomic E-state index is 0.0704. The average molecular weight is 275 g/mol. The quantitative estimate of drug-likeness (QED) is 0.651. The van der Waals surface area contributed by atoms with Crippen LogP contribution in [0.25, 0.3) is 0 Å². The van der Waals surface area contributed by atoms with Gasteiger partial charge in [-0.3, -0.25) is 0 Å². The van der Waals surface area contributed by atoms with E-state index in [0.29, 0.717) is 5.70 Å². The summed E-state index contributed by atoms with van der Waals surface area (Å²) in [5.41, 5.74) is 1.43. The average Bonchev–Trinajstić information content (AvgIpc) is 2.39. The number of hydrogen-bond acceptors (Lipinski definition) is 4. The third-order valence-corrected chi connectivity index (χ3v) is 3.36. The highest BCUT2D eigenvalue weighted by Crippen LogP contribution is 2.21. The molecule has 0 bridgehead atoms. The molecule has 2 rings (SSSR count). The van der Waals surface area contributed by atoms with Crippen LogP contribution >= 0.6 is 0 Å². The Hall–Kier alpha value is -1.97. The SMILES string of the molecule is C/C(=C\C(=O)OC1CCCCC1)Nc1cccc(O)c1. The van der Waals surface area contributed by atoms with E-state index in [1.165, 1.54) is 12.5 Å². The Labute approximate surface area is 119 Å². The van der Waals surface area contributed by atoms with E-state index in [0.717, 1.165) is 31.4 Å². The fraction of sp³-hybridized carbons (Fsp3) is 0.438. The summed E-state index contributed by atoms with van der Waals surface area (Å²) in [4.78, 5) is 11.8. The van der Waals surface area contributed by atoms with E-state index in [-0.39, 0.29) is 17.8 Å². The number of rotatable bonds is 4. The van der Waals surface area contributed by atoms with Crippen molar-refractivity contribution in [3.8, 4) is 5.75 Å². The molecule has 1 aliphatic carbocycles. The molecule has 0 unspecified atom stereocenters. The van der Waals surface area contributed by atoms with Gasteiger partial charge in [0.05, 0.1) is 0 Å². The molecule has 1 aliphatic rings. The molecule has 20 heavy (non-hydrogen) atoms. The van der Waals surface area contributed by atoms with Crippen LogP contribution in [0.4, 0.5) is 5.69 Å². The zero-order valence-electron chi connectivity index (χ0n) is 11.8. The lowest BCUT2D eigenvalue weighted by Crippen LogP contribution is -2.20. The zero-order chi connectivity index (χ0) is 14.4. The molecule has 1 saturated carbocycles. The summed E-state index contributed by atoms with van der Waals surface area (Å²) in [7, 11) is 0. The zero-order valence-corrected chi connectivity index (χ0v) is 11.8. The molecular weight excluding hydrogens is 254 g/mol. The molecule has 1 aromatic rings. The standard InChI is InChI=1S/C16H21NO3/c1-12(17-13-6-5-7-14(18)11-13)10-16(19)20-15-8-3-2-4-9-15/h5-7,10-11,15,17-18H,2-4,8-9H2,1H3/b12-10+. The molecule has 4 heteroatoms. The molecule has 0 spiro atoms. The van der Waals surface area contributed by atoms with Gasteiger partial charge in [0.2, 0.25) is 0 Å². The van der Waals surface area contributed by atoms with Gasteiger partial charge >= 0.3 is 5.97 Å². The highest BCUT2D eigenvalue weighted by molar-refractivity contribution is 5.83. The number of phenolic OH excluding ortho intramolecular Hbond substituents is 1. The first-order valence-electron chi connectivity index (χ1n) is 7.08. The Balaban J connectivity index is 1.87. The van der Waals surface area contributed by atoms with Gasteiger partial charge in [-0.2, -0.15) is 0 Å². The lowest BCUT2D eigenvalue weighted by atomic mass is 9.98. The molecule has 1 fully saturated rings. The number of carbonyl (C=O) groups is 1. The molecule has 108 valence electrons. The van der Waals surface area contributed by atoms with Crippen molar-refractivity contribution in [2.24, 2.45) is 0 Å². The summed E-state index contributed by atoms with van der Waals surface area (Å²) in [6.45, 7) is 1.80. The van der Waals surface area contributed by atoms with Crippen molar-refractivity contribution >= 4 is 11.7 Å². The van der Waals surface area contributed by atoms with Gasteiger partial charge in [0.15, 0.2) is 0 Å². The molecule has 1 aromatic carbocycles.